The quantitative estimate of drug-likeness (QED) is 0.914. The predicted molar refractivity (Wildman–Crippen MR) is 79.0 cm³/mol. The van der Waals surface area contributed by atoms with E-state index in [1.165, 1.54) is 12.1 Å². The molecule has 0 radical (unpaired) electrons. The van der Waals surface area contributed by atoms with E-state index in [4.69, 9.17) is 11.6 Å². The van der Waals surface area contributed by atoms with Crippen LogP contribution in [0.15, 0.2) is 30.6 Å². The second-order valence-corrected chi connectivity index (χ2v) is 5.48. The Morgan fingerprint density at radius 3 is 2.55 bits per heavy atom. The van der Waals surface area contributed by atoms with E-state index in [0.717, 1.165) is 18.7 Å². The van der Waals surface area contributed by atoms with Gasteiger partial charge in [0.1, 0.15) is 5.82 Å². The van der Waals surface area contributed by atoms with Gasteiger partial charge >= 0.3 is 0 Å². The standard InChI is InChI=1S/C15H17ClFN3/c1-10(2)6-18-7-11-8-19-15(20-9-11)12-3-4-14(17)13(16)5-12/h3-5,8-10,18H,6-7H2,1-2H3. The molecular weight excluding hydrogens is 277 g/mol. The molecule has 0 amide bonds. The summed E-state index contributed by atoms with van der Waals surface area (Å²) in [4.78, 5) is 8.57. The lowest BCUT2D eigenvalue weighted by Gasteiger charge is -2.07. The molecule has 0 fully saturated rings. The normalized spacial score (nSPS) is 11.1. The molecule has 0 saturated carbocycles. The van der Waals surface area contributed by atoms with Crippen LogP contribution in [0.25, 0.3) is 11.4 Å². The third-order valence-corrected chi connectivity index (χ3v) is 3.05. The summed E-state index contributed by atoms with van der Waals surface area (Å²) in [5, 5.41) is 3.40. The van der Waals surface area contributed by atoms with Gasteiger partial charge in [-0.25, -0.2) is 14.4 Å². The molecule has 20 heavy (non-hydrogen) atoms. The summed E-state index contributed by atoms with van der Waals surface area (Å²) in [5.41, 5.74) is 1.72. The first-order chi connectivity index (χ1) is 9.56. The number of rotatable bonds is 5. The first-order valence-electron chi connectivity index (χ1n) is 6.53. The highest BCUT2D eigenvalue weighted by Crippen LogP contribution is 2.22. The minimum Gasteiger partial charge on any atom is -0.312 e. The molecule has 0 aliphatic rings. The largest absolute Gasteiger partial charge is 0.312 e. The van der Waals surface area contributed by atoms with Gasteiger partial charge in [-0.05, 0) is 30.7 Å². The van der Waals surface area contributed by atoms with Crippen LogP contribution in [-0.4, -0.2) is 16.5 Å². The molecule has 0 aliphatic heterocycles. The van der Waals surface area contributed by atoms with Crippen LogP contribution in [0, 0.1) is 11.7 Å². The zero-order valence-corrected chi connectivity index (χ0v) is 12.3. The lowest BCUT2D eigenvalue weighted by molar-refractivity contribution is 0.551. The smallest absolute Gasteiger partial charge is 0.159 e. The Morgan fingerprint density at radius 1 is 1.25 bits per heavy atom. The highest BCUT2D eigenvalue weighted by atomic mass is 35.5. The zero-order valence-electron chi connectivity index (χ0n) is 11.5. The average molecular weight is 294 g/mol. The number of aromatic nitrogens is 2. The summed E-state index contributed by atoms with van der Waals surface area (Å²) < 4.78 is 13.1. The van der Waals surface area contributed by atoms with E-state index >= 15 is 0 Å². The van der Waals surface area contributed by atoms with Gasteiger partial charge in [0.05, 0.1) is 5.02 Å². The van der Waals surface area contributed by atoms with Crippen LogP contribution >= 0.6 is 11.6 Å². The van der Waals surface area contributed by atoms with E-state index in [1.54, 1.807) is 18.5 Å². The minimum atomic E-state index is -0.440. The zero-order chi connectivity index (χ0) is 14.5. The van der Waals surface area contributed by atoms with Crippen LogP contribution < -0.4 is 5.32 Å². The van der Waals surface area contributed by atoms with E-state index in [0.29, 0.717) is 17.3 Å². The van der Waals surface area contributed by atoms with Crippen molar-refractivity contribution >= 4 is 11.6 Å². The summed E-state index contributed by atoms with van der Waals surface area (Å²) in [5.74, 6) is 0.709. The Morgan fingerprint density at radius 2 is 1.95 bits per heavy atom. The van der Waals surface area contributed by atoms with Gasteiger partial charge in [-0.15, -0.1) is 0 Å². The SMILES string of the molecule is CC(C)CNCc1cnc(-c2ccc(F)c(Cl)c2)nc1. The third-order valence-electron chi connectivity index (χ3n) is 2.76. The molecule has 2 rings (SSSR count). The van der Waals surface area contributed by atoms with Crippen LogP contribution in [0.4, 0.5) is 4.39 Å². The molecule has 5 heteroatoms. The van der Waals surface area contributed by atoms with Crippen molar-refractivity contribution in [3.8, 4) is 11.4 Å². The van der Waals surface area contributed by atoms with Crippen LogP contribution in [0.2, 0.25) is 5.02 Å². The highest BCUT2D eigenvalue weighted by molar-refractivity contribution is 6.31. The van der Waals surface area contributed by atoms with E-state index < -0.39 is 5.82 Å². The Labute approximate surface area is 123 Å². The molecule has 1 aromatic carbocycles. The maximum Gasteiger partial charge on any atom is 0.159 e. The second kappa shape index (κ2) is 6.77. The van der Waals surface area contributed by atoms with Crippen molar-refractivity contribution in [1.82, 2.24) is 15.3 Å². The lowest BCUT2D eigenvalue weighted by atomic mass is 10.2. The van der Waals surface area contributed by atoms with Crippen LogP contribution in [0.5, 0.6) is 0 Å². The number of halogens is 2. The summed E-state index contributed by atoms with van der Waals surface area (Å²) in [6, 6.07) is 4.47. The van der Waals surface area contributed by atoms with E-state index in [9.17, 15) is 4.39 Å². The number of hydrogen-bond acceptors (Lipinski definition) is 3. The number of hydrogen-bond donors (Lipinski definition) is 1. The Hall–Kier alpha value is -1.52. The van der Waals surface area contributed by atoms with Gasteiger partial charge in [-0.2, -0.15) is 0 Å². The van der Waals surface area contributed by atoms with Gasteiger partial charge in [-0.3, -0.25) is 0 Å². The minimum absolute atomic E-state index is 0.0776. The first-order valence-corrected chi connectivity index (χ1v) is 6.91. The van der Waals surface area contributed by atoms with E-state index in [2.05, 4.69) is 29.1 Å². The second-order valence-electron chi connectivity index (χ2n) is 5.07. The summed E-state index contributed by atoms with van der Waals surface area (Å²) >= 11 is 5.75. The molecule has 0 spiro atoms. The third kappa shape index (κ3) is 3.99. The monoisotopic (exact) mass is 293 g/mol. The summed E-state index contributed by atoms with van der Waals surface area (Å²) in [6.45, 7) is 6.01. The molecule has 1 aromatic heterocycles. The first kappa shape index (κ1) is 14.9. The average Bonchev–Trinajstić information content (AvgIpc) is 2.42. The molecular formula is C15H17ClFN3. The fourth-order valence-corrected chi connectivity index (χ4v) is 1.92. The van der Waals surface area contributed by atoms with Crippen molar-refractivity contribution < 1.29 is 4.39 Å². The van der Waals surface area contributed by atoms with E-state index in [-0.39, 0.29) is 5.02 Å². The number of benzene rings is 1. The van der Waals surface area contributed by atoms with Crippen molar-refractivity contribution in [1.29, 1.82) is 0 Å². The van der Waals surface area contributed by atoms with Crippen molar-refractivity contribution in [2.75, 3.05) is 6.54 Å². The van der Waals surface area contributed by atoms with Gasteiger partial charge in [-0.1, -0.05) is 25.4 Å². The van der Waals surface area contributed by atoms with Crippen LogP contribution in [-0.2, 0) is 6.54 Å². The topological polar surface area (TPSA) is 37.8 Å². The molecule has 0 saturated heterocycles. The summed E-state index contributed by atoms with van der Waals surface area (Å²) in [7, 11) is 0. The maximum absolute atomic E-state index is 13.1. The fraction of sp³-hybridized carbons (Fsp3) is 0.333. The molecule has 106 valence electrons. The molecule has 3 nitrogen and oxygen atoms in total. The number of nitrogens with zero attached hydrogens (tertiary/aromatic N) is 2. The van der Waals surface area contributed by atoms with Crippen molar-refractivity contribution in [2.45, 2.75) is 20.4 Å². The van der Waals surface area contributed by atoms with Crippen molar-refractivity contribution in [2.24, 2.45) is 5.92 Å². The molecule has 2 aromatic rings. The molecule has 1 N–H and O–H groups in total. The van der Waals surface area contributed by atoms with Gasteiger partial charge in [0.2, 0.25) is 0 Å². The highest BCUT2D eigenvalue weighted by Gasteiger charge is 2.05. The van der Waals surface area contributed by atoms with Gasteiger partial charge < -0.3 is 5.32 Å². The molecule has 0 unspecified atom stereocenters. The summed E-state index contributed by atoms with van der Waals surface area (Å²) in [6.07, 6.45) is 3.54. The molecule has 0 aliphatic carbocycles. The van der Waals surface area contributed by atoms with Crippen LogP contribution in [0.1, 0.15) is 19.4 Å². The van der Waals surface area contributed by atoms with Crippen molar-refractivity contribution in [3.63, 3.8) is 0 Å². The molecule has 0 bridgehead atoms. The van der Waals surface area contributed by atoms with Gasteiger partial charge in [0.25, 0.3) is 0 Å². The van der Waals surface area contributed by atoms with Crippen LogP contribution in [0.3, 0.4) is 0 Å². The predicted octanol–water partition coefficient (Wildman–Crippen LogP) is 3.68. The Balaban J connectivity index is 2.05. The number of nitrogens with one attached hydrogen (secondary N) is 1. The van der Waals surface area contributed by atoms with Crippen molar-refractivity contribution in [3.05, 3.63) is 47.0 Å². The fourth-order valence-electron chi connectivity index (χ4n) is 1.74. The molecule has 1 heterocycles. The van der Waals surface area contributed by atoms with E-state index in [1.807, 2.05) is 0 Å². The van der Waals surface area contributed by atoms with Gasteiger partial charge in [0.15, 0.2) is 5.82 Å². The Bertz CT molecular complexity index is 570. The maximum atomic E-state index is 13.1. The molecule has 0 atom stereocenters. The lowest BCUT2D eigenvalue weighted by Crippen LogP contribution is -2.19. The Kier molecular flexibility index (Phi) is 5.04. The van der Waals surface area contributed by atoms with Gasteiger partial charge in [0, 0.05) is 30.1 Å².